The second-order valence-corrected chi connectivity index (χ2v) is 5.77. The van der Waals surface area contributed by atoms with Crippen molar-refractivity contribution in [3.8, 4) is 6.07 Å². The Morgan fingerprint density at radius 3 is 2.74 bits per heavy atom. The molecule has 0 saturated heterocycles. The summed E-state index contributed by atoms with van der Waals surface area (Å²) in [6, 6.07) is 9.47. The molecule has 1 heterocycles. The van der Waals surface area contributed by atoms with Crippen molar-refractivity contribution < 1.29 is 0 Å². The molecule has 1 aromatic heterocycles. The molecule has 2 aromatic rings. The Kier molecular flexibility index (Phi) is 4.48. The summed E-state index contributed by atoms with van der Waals surface area (Å²) in [5, 5.41) is 9.78. The van der Waals surface area contributed by atoms with Crippen molar-refractivity contribution in [3.05, 3.63) is 43.7 Å². The third-order valence-electron chi connectivity index (χ3n) is 2.49. The standard InChI is InChI=1S/C13H10ClN3S2/c1-2-17-12(11(7-15)19-13(17)18)16-8-9-3-5-10(14)6-4-9/h3-6,8H,2H2,1H3. The maximum atomic E-state index is 9.09. The Balaban J connectivity index is 2.40. The molecule has 0 aliphatic heterocycles. The van der Waals surface area contributed by atoms with Gasteiger partial charge in [-0.15, -0.1) is 0 Å². The third-order valence-corrected chi connectivity index (χ3v) is 4.09. The highest BCUT2D eigenvalue weighted by Gasteiger charge is 2.09. The first-order valence-corrected chi connectivity index (χ1v) is 7.19. The molecule has 0 atom stereocenters. The molecule has 19 heavy (non-hydrogen) atoms. The Morgan fingerprint density at radius 2 is 2.16 bits per heavy atom. The van der Waals surface area contributed by atoms with E-state index in [1.807, 2.05) is 23.6 Å². The van der Waals surface area contributed by atoms with Crippen LogP contribution in [0, 0.1) is 15.3 Å². The van der Waals surface area contributed by atoms with Crippen LogP contribution in [0.2, 0.25) is 5.02 Å². The fourth-order valence-corrected chi connectivity index (χ4v) is 2.95. The minimum Gasteiger partial charge on any atom is -0.307 e. The van der Waals surface area contributed by atoms with E-state index in [0.717, 1.165) is 5.56 Å². The third kappa shape index (κ3) is 3.10. The minimum absolute atomic E-state index is 0.539. The van der Waals surface area contributed by atoms with Crippen LogP contribution in [0.1, 0.15) is 17.4 Å². The lowest BCUT2D eigenvalue weighted by Crippen LogP contribution is -1.93. The highest BCUT2D eigenvalue weighted by molar-refractivity contribution is 7.73. The quantitative estimate of drug-likeness (QED) is 0.615. The monoisotopic (exact) mass is 307 g/mol. The second-order valence-electron chi connectivity index (χ2n) is 3.69. The van der Waals surface area contributed by atoms with E-state index < -0.39 is 0 Å². The molecule has 0 bridgehead atoms. The van der Waals surface area contributed by atoms with Gasteiger partial charge in [0.05, 0.1) is 0 Å². The van der Waals surface area contributed by atoms with Crippen LogP contribution in [-0.4, -0.2) is 10.8 Å². The number of aliphatic imine (C=N–C) groups is 1. The molecule has 0 N–H and O–H groups in total. The number of nitrogens with zero attached hydrogens (tertiary/aromatic N) is 3. The Labute approximate surface area is 125 Å². The van der Waals surface area contributed by atoms with Crippen LogP contribution in [0.25, 0.3) is 0 Å². The summed E-state index contributed by atoms with van der Waals surface area (Å²) in [6.45, 7) is 2.68. The van der Waals surface area contributed by atoms with Crippen LogP contribution in [0.4, 0.5) is 5.82 Å². The van der Waals surface area contributed by atoms with Gasteiger partial charge in [-0.05, 0) is 36.8 Å². The van der Waals surface area contributed by atoms with Gasteiger partial charge in [0.1, 0.15) is 6.07 Å². The van der Waals surface area contributed by atoms with Gasteiger partial charge in [-0.1, -0.05) is 35.1 Å². The first kappa shape index (κ1) is 13.9. The number of hydrogen-bond donors (Lipinski definition) is 0. The molecule has 0 spiro atoms. The second kappa shape index (κ2) is 6.11. The largest absolute Gasteiger partial charge is 0.307 e. The molecule has 0 aliphatic rings. The van der Waals surface area contributed by atoms with Crippen molar-refractivity contribution in [1.82, 2.24) is 4.57 Å². The smallest absolute Gasteiger partial charge is 0.164 e. The van der Waals surface area contributed by atoms with Gasteiger partial charge in [0.2, 0.25) is 0 Å². The molecular weight excluding hydrogens is 298 g/mol. The van der Waals surface area contributed by atoms with Crippen LogP contribution < -0.4 is 0 Å². The SMILES string of the molecule is CCn1c(N=Cc2ccc(Cl)cc2)c(C#N)sc1=S. The summed E-state index contributed by atoms with van der Waals surface area (Å²) in [7, 11) is 0. The van der Waals surface area contributed by atoms with Crippen LogP contribution in [0.3, 0.4) is 0 Å². The Hall–Kier alpha value is -1.48. The predicted molar refractivity (Wildman–Crippen MR) is 82.2 cm³/mol. The van der Waals surface area contributed by atoms with E-state index in [2.05, 4.69) is 11.1 Å². The van der Waals surface area contributed by atoms with Gasteiger partial charge in [0, 0.05) is 17.8 Å². The molecule has 6 heteroatoms. The average molecular weight is 308 g/mol. The van der Waals surface area contributed by atoms with E-state index in [0.29, 0.717) is 26.2 Å². The zero-order valence-corrected chi connectivity index (χ0v) is 12.5. The first-order valence-electron chi connectivity index (χ1n) is 5.59. The molecular formula is C13H10ClN3S2. The van der Waals surface area contributed by atoms with Crippen molar-refractivity contribution >= 4 is 47.2 Å². The highest BCUT2D eigenvalue weighted by Crippen LogP contribution is 2.26. The number of thiazole rings is 1. The zero-order chi connectivity index (χ0) is 13.8. The normalized spacial score (nSPS) is 10.8. The predicted octanol–water partition coefficient (Wildman–Crippen LogP) is 4.57. The number of nitriles is 1. The summed E-state index contributed by atoms with van der Waals surface area (Å²) < 4.78 is 2.52. The lowest BCUT2D eigenvalue weighted by atomic mass is 10.2. The van der Waals surface area contributed by atoms with E-state index in [-0.39, 0.29) is 0 Å². The van der Waals surface area contributed by atoms with Crippen LogP contribution in [0.5, 0.6) is 0 Å². The molecule has 0 amide bonds. The highest BCUT2D eigenvalue weighted by atomic mass is 35.5. The summed E-state index contributed by atoms with van der Waals surface area (Å²) in [5.41, 5.74) is 0.924. The maximum Gasteiger partial charge on any atom is 0.164 e. The topological polar surface area (TPSA) is 41.1 Å². The molecule has 0 unspecified atom stereocenters. The van der Waals surface area contributed by atoms with Gasteiger partial charge in [0.25, 0.3) is 0 Å². The molecule has 0 fully saturated rings. The van der Waals surface area contributed by atoms with Crippen LogP contribution in [0.15, 0.2) is 29.3 Å². The maximum absolute atomic E-state index is 9.09. The molecule has 1 aromatic carbocycles. The zero-order valence-electron chi connectivity index (χ0n) is 10.1. The van der Waals surface area contributed by atoms with Crippen molar-refractivity contribution in [1.29, 1.82) is 5.26 Å². The average Bonchev–Trinajstić information content (AvgIpc) is 2.73. The lowest BCUT2D eigenvalue weighted by Gasteiger charge is -2.00. The molecule has 2 rings (SSSR count). The first-order chi connectivity index (χ1) is 9.15. The molecule has 3 nitrogen and oxygen atoms in total. The van der Waals surface area contributed by atoms with Crippen molar-refractivity contribution in [2.75, 3.05) is 0 Å². The van der Waals surface area contributed by atoms with Gasteiger partial charge in [-0.25, -0.2) is 4.99 Å². The number of aromatic nitrogens is 1. The van der Waals surface area contributed by atoms with E-state index >= 15 is 0 Å². The van der Waals surface area contributed by atoms with Crippen LogP contribution in [-0.2, 0) is 6.54 Å². The minimum atomic E-state index is 0.539. The van der Waals surface area contributed by atoms with Crippen molar-refractivity contribution in [2.45, 2.75) is 13.5 Å². The van der Waals surface area contributed by atoms with Gasteiger partial charge in [0.15, 0.2) is 14.6 Å². The van der Waals surface area contributed by atoms with E-state index in [4.69, 9.17) is 29.1 Å². The van der Waals surface area contributed by atoms with Gasteiger partial charge < -0.3 is 4.57 Å². The summed E-state index contributed by atoms with van der Waals surface area (Å²) in [6.07, 6.45) is 1.71. The van der Waals surface area contributed by atoms with Gasteiger partial charge in [-0.2, -0.15) is 5.26 Å². The number of halogens is 1. The summed E-state index contributed by atoms with van der Waals surface area (Å²) in [5.74, 6) is 0.620. The summed E-state index contributed by atoms with van der Waals surface area (Å²) >= 11 is 12.3. The van der Waals surface area contributed by atoms with Crippen LogP contribution >= 0.6 is 35.2 Å². The van der Waals surface area contributed by atoms with Gasteiger partial charge in [-0.3, -0.25) is 0 Å². The molecule has 0 radical (unpaired) electrons. The fourth-order valence-electron chi connectivity index (χ4n) is 1.56. The lowest BCUT2D eigenvalue weighted by molar-refractivity contribution is 0.766. The number of rotatable bonds is 3. The fraction of sp³-hybridized carbons (Fsp3) is 0.154. The molecule has 0 aliphatic carbocycles. The molecule has 96 valence electrons. The van der Waals surface area contributed by atoms with E-state index in [1.165, 1.54) is 11.3 Å². The van der Waals surface area contributed by atoms with Crippen molar-refractivity contribution in [3.63, 3.8) is 0 Å². The van der Waals surface area contributed by atoms with E-state index in [1.54, 1.807) is 18.3 Å². The molecule has 0 saturated carbocycles. The van der Waals surface area contributed by atoms with Crippen molar-refractivity contribution in [2.24, 2.45) is 4.99 Å². The number of benzene rings is 1. The Bertz CT molecular complexity index is 705. The number of hydrogen-bond acceptors (Lipinski definition) is 4. The Morgan fingerprint density at radius 1 is 1.47 bits per heavy atom. The van der Waals surface area contributed by atoms with E-state index in [9.17, 15) is 0 Å². The summed E-state index contributed by atoms with van der Waals surface area (Å²) in [4.78, 5) is 4.92. The van der Waals surface area contributed by atoms with Gasteiger partial charge >= 0.3 is 0 Å².